The van der Waals surface area contributed by atoms with Crippen LogP contribution in [-0.4, -0.2) is 27.3 Å². The van der Waals surface area contributed by atoms with Gasteiger partial charge in [-0.25, -0.2) is 0 Å². The van der Waals surface area contributed by atoms with Crippen LogP contribution >= 0.6 is 0 Å². The molecular weight excluding hydrogens is 364 g/mol. The number of rotatable bonds is 4. The average molecular weight is 386 g/mol. The fraction of sp³-hybridized carbons (Fsp3) is 0.174. The third-order valence-electron chi connectivity index (χ3n) is 5.32. The molecule has 0 saturated heterocycles. The third-order valence-corrected chi connectivity index (χ3v) is 5.32. The zero-order chi connectivity index (χ0) is 20.5. The van der Waals surface area contributed by atoms with Gasteiger partial charge in [0, 0.05) is 43.0 Å². The molecule has 1 unspecified atom stereocenters. The number of fused-ring (bicyclic) bond motifs is 1. The molecular formula is C23H22N4O2. The summed E-state index contributed by atoms with van der Waals surface area (Å²) in [6.07, 6.45) is 3.57. The Morgan fingerprint density at radius 1 is 1.10 bits per heavy atom. The zero-order valence-electron chi connectivity index (χ0n) is 16.6. The standard InChI is InChI=1S/C23H22N4O2/c1-15(16-5-4-6-19(13-16)22(28)24-2)27-12-10-17-14-18(7-8-20(17)23(27)29)21-9-11-25-26(21)3/h4-15H,1-3H3,(H,24,28). The first-order chi connectivity index (χ1) is 14.0. The molecule has 0 spiro atoms. The van der Waals surface area contributed by atoms with Crippen LogP contribution < -0.4 is 10.9 Å². The fourth-order valence-corrected chi connectivity index (χ4v) is 3.63. The summed E-state index contributed by atoms with van der Waals surface area (Å²) >= 11 is 0. The molecule has 2 aromatic heterocycles. The van der Waals surface area contributed by atoms with E-state index in [0.717, 1.165) is 22.2 Å². The number of amides is 1. The second kappa shape index (κ2) is 7.39. The molecule has 4 rings (SSSR count). The normalized spacial score (nSPS) is 12.1. The summed E-state index contributed by atoms with van der Waals surface area (Å²) in [6, 6.07) is 16.9. The van der Waals surface area contributed by atoms with E-state index in [1.807, 2.05) is 73.4 Å². The van der Waals surface area contributed by atoms with Crippen molar-refractivity contribution in [1.82, 2.24) is 19.7 Å². The van der Waals surface area contributed by atoms with E-state index in [2.05, 4.69) is 10.4 Å². The second-order valence-electron chi connectivity index (χ2n) is 7.05. The molecule has 4 aromatic rings. The van der Waals surface area contributed by atoms with Crippen LogP contribution in [0, 0.1) is 0 Å². The minimum atomic E-state index is -0.201. The molecule has 6 heteroatoms. The number of aromatic nitrogens is 3. The van der Waals surface area contributed by atoms with E-state index in [1.165, 1.54) is 0 Å². The van der Waals surface area contributed by atoms with E-state index in [4.69, 9.17) is 0 Å². The maximum absolute atomic E-state index is 13.1. The molecule has 1 N–H and O–H groups in total. The Hall–Kier alpha value is -3.67. The Kier molecular flexibility index (Phi) is 4.76. The van der Waals surface area contributed by atoms with E-state index in [-0.39, 0.29) is 17.5 Å². The molecule has 0 aliphatic heterocycles. The zero-order valence-corrected chi connectivity index (χ0v) is 16.6. The summed E-state index contributed by atoms with van der Waals surface area (Å²) < 4.78 is 3.51. The van der Waals surface area contributed by atoms with Gasteiger partial charge in [0.2, 0.25) is 0 Å². The third kappa shape index (κ3) is 3.33. The second-order valence-corrected chi connectivity index (χ2v) is 7.05. The largest absolute Gasteiger partial charge is 0.355 e. The van der Waals surface area contributed by atoms with Gasteiger partial charge < -0.3 is 9.88 Å². The summed E-state index contributed by atoms with van der Waals surface area (Å²) in [5, 5.41) is 8.38. The lowest BCUT2D eigenvalue weighted by atomic mass is 10.0. The van der Waals surface area contributed by atoms with Gasteiger partial charge in [0.05, 0.1) is 11.7 Å². The average Bonchev–Trinajstić information content (AvgIpc) is 3.18. The highest BCUT2D eigenvalue weighted by Gasteiger charge is 2.14. The highest BCUT2D eigenvalue weighted by molar-refractivity contribution is 5.94. The molecule has 0 fully saturated rings. The van der Waals surface area contributed by atoms with Crippen LogP contribution in [0.3, 0.4) is 0 Å². The SMILES string of the molecule is CNC(=O)c1cccc(C(C)n2ccc3cc(-c4ccnn4C)ccc3c2=O)c1. The van der Waals surface area contributed by atoms with Crippen molar-refractivity contribution in [2.75, 3.05) is 7.05 Å². The minimum absolute atomic E-state index is 0.0584. The van der Waals surface area contributed by atoms with Crippen molar-refractivity contribution >= 4 is 16.7 Å². The van der Waals surface area contributed by atoms with Crippen molar-refractivity contribution in [2.45, 2.75) is 13.0 Å². The maximum atomic E-state index is 13.1. The molecule has 1 atom stereocenters. The van der Waals surface area contributed by atoms with Gasteiger partial charge in [-0.1, -0.05) is 18.2 Å². The van der Waals surface area contributed by atoms with Gasteiger partial charge in [0.15, 0.2) is 0 Å². The summed E-state index contributed by atoms with van der Waals surface area (Å²) in [5.74, 6) is -0.146. The fourth-order valence-electron chi connectivity index (χ4n) is 3.63. The Morgan fingerprint density at radius 2 is 1.93 bits per heavy atom. The molecule has 0 bridgehead atoms. The van der Waals surface area contributed by atoms with Gasteiger partial charge in [0.25, 0.3) is 11.5 Å². The van der Waals surface area contributed by atoms with Crippen molar-refractivity contribution in [1.29, 1.82) is 0 Å². The summed E-state index contributed by atoms with van der Waals surface area (Å²) in [7, 11) is 3.50. The first-order valence-corrected chi connectivity index (χ1v) is 9.45. The number of benzene rings is 2. The Bertz CT molecular complexity index is 1270. The maximum Gasteiger partial charge on any atom is 0.258 e. The highest BCUT2D eigenvalue weighted by Crippen LogP contribution is 2.24. The van der Waals surface area contributed by atoms with E-state index in [9.17, 15) is 9.59 Å². The molecule has 1 amide bonds. The smallest absolute Gasteiger partial charge is 0.258 e. The molecule has 146 valence electrons. The van der Waals surface area contributed by atoms with Crippen LogP contribution in [0.1, 0.15) is 28.9 Å². The van der Waals surface area contributed by atoms with Crippen molar-refractivity contribution in [2.24, 2.45) is 7.05 Å². The number of carbonyl (C=O) groups excluding carboxylic acids is 1. The van der Waals surface area contributed by atoms with Crippen LogP contribution in [0.15, 0.2) is 71.8 Å². The first kappa shape index (κ1) is 18.7. The number of pyridine rings is 1. The van der Waals surface area contributed by atoms with Crippen molar-refractivity contribution < 1.29 is 4.79 Å². The topological polar surface area (TPSA) is 68.9 Å². The predicted molar refractivity (Wildman–Crippen MR) is 114 cm³/mol. The van der Waals surface area contributed by atoms with Crippen LogP contribution in [0.25, 0.3) is 22.0 Å². The van der Waals surface area contributed by atoms with E-state index in [0.29, 0.717) is 10.9 Å². The molecule has 0 aliphatic carbocycles. The molecule has 0 saturated carbocycles. The molecule has 6 nitrogen and oxygen atoms in total. The highest BCUT2D eigenvalue weighted by atomic mass is 16.1. The Morgan fingerprint density at radius 3 is 2.66 bits per heavy atom. The Balaban J connectivity index is 1.75. The monoisotopic (exact) mass is 386 g/mol. The number of hydrogen-bond acceptors (Lipinski definition) is 3. The lowest BCUT2D eigenvalue weighted by Crippen LogP contribution is -2.24. The van der Waals surface area contributed by atoms with Gasteiger partial charge in [0.1, 0.15) is 0 Å². The van der Waals surface area contributed by atoms with Crippen LogP contribution in [0.5, 0.6) is 0 Å². The molecule has 0 radical (unpaired) electrons. The molecule has 2 heterocycles. The lowest BCUT2D eigenvalue weighted by molar-refractivity contribution is 0.0963. The van der Waals surface area contributed by atoms with Gasteiger partial charge in [-0.2, -0.15) is 5.10 Å². The van der Waals surface area contributed by atoms with Gasteiger partial charge >= 0.3 is 0 Å². The van der Waals surface area contributed by atoms with E-state index >= 15 is 0 Å². The van der Waals surface area contributed by atoms with E-state index in [1.54, 1.807) is 23.9 Å². The number of aryl methyl sites for hydroxylation is 1. The summed E-state index contributed by atoms with van der Waals surface area (Å²) in [4.78, 5) is 25.1. The van der Waals surface area contributed by atoms with Crippen LogP contribution in [-0.2, 0) is 7.05 Å². The summed E-state index contributed by atoms with van der Waals surface area (Å²) in [5.41, 5.74) is 3.43. The minimum Gasteiger partial charge on any atom is -0.355 e. The molecule has 0 aliphatic rings. The lowest BCUT2D eigenvalue weighted by Gasteiger charge is -2.17. The number of nitrogens with zero attached hydrogens (tertiary/aromatic N) is 3. The van der Waals surface area contributed by atoms with Gasteiger partial charge in [-0.05, 0) is 54.3 Å². The van der Waals surface area contributed by atoms with Gasteiger partial charge in [-0.3, -0.25) is 14.3 Å². The summed E-state index contributed by atoms with van der Waals surface area (Å²) in [6.45, 7) is 1.96. The van der Waals surface area contributed by atoms with Crippen molar-refractivity contribution in [3.63, 3.8) is 0 Å². The predicted octanol–water partition coefficient (Wildman–Crippen LogP) is 3.37. The quantitative estimate of drug-likeness (QED) is 0.585. The number of nitrogens with one attached hydrogen (secondary N) is 1. The van der Waals surface area contributed by atoms with Crippen molar-refractivity contribution in [3.05, 3.63) is 88.5 Å². The van der Waals surface area contributed by atoms with Crippen molar-refractivity contribution in [3.8, 4) is 11.3 Å². The number of hydrogen-bond donors (Lipinski definition) is 1. The Labute approximate surface area is 168 Å². The number of carbonyl (C=O) groups is 1. The van der Waals surface area contributed by atoms with E-state index < -0.39 is 0 Å². The van der Waals surface area contributed by atoms with Crippen LogP contribution in [0.2, 0.25) is 0 Å². The van der Waals surface area contributed by atoms with Gasteiger partial charge in [-0.15, -0.1) is 0 Å². The molecule has 2 aromatic carbocycles. The van der Waals surface area contributed by atoms with Crippen LogP contribution in [0.4, 0.5) is 0 Å². The first-order valence-electron chi connectivity index (χ1n) is 9.45. The molecule has 29 heavy (non-hydrogen) atoms.